The highest BCUT2D eigenvalue weighted by Crippen LogP contribution is 2.47. The van der Waals surface area contributed by atoms with E-state index in [-0.39, 0.29) is 11.5 Å². The fraction of sp³-hybridized carbons (Fsp3) is 0.579. The zero-order valence-electron chi connectivity index (χ0n) is 14.6. The summed E-state index contributed by atoms with van der Waals surface area (Å²) in [6.07, 6.45) is 2.53. The van der Waals surface area contributed by atoms with Gasteiger partial charge in [-0.1, -0.05) is 18.2 Å². The fourth-order valence-corrected chi connectivity index (χ4v) is 3.70. The van der Waals surface area contributed by atoms with Crippen molar-refractivity contribution in [2.24, 2.45) is 0 Å². The van der Waals surface area contributed by atoms with Crippen molar-refractivity contribution in [2.75, 3.05) is 13.1 Å². The molecular formula is C19H25NO4. The SMILES string of the molecule is CC(C)(C)OC(=O)N1CCC2(CC1)CC(C=O)Oc1ccccc12. The van der Waals surface area contributed by atoms with Crippen LogP contribution in [-0.4, -0.2) is 42.1 Å². The van der Waals surface area contributed by atoms with Crippen molar-refractivity contribution in [1.29, 1.82) is 0 Å². The van der Waals surface area contributed by atoms with Crippen molar-refractivity contribution in [1.82, 2.24) is 4.90 Å². The van der Waals surface area contributed by atoms with Crippen molar-refractivity contribution in [3.05, 3.63) is 29.8 Å². The summed E-state index contributed by atoms with van der Waals surface area (Å²) in [5.41, 5.74) is 0.575. The lowest BCUT2D eigenvalue weighted by molar-refractivity contribution is -0.115. The Kier molecular flexibility index (Phi) is 4.28. The van der Waals surface area contributed by atoms with Crippen LogP contribution in [-0.2, 0) is 14.9 Å². The van der Waals surface area contributed by atoms with E-state index in [9.17, 15) is 9.59 Å². The Bertz CT molecular complexity index is 626. The van der Waals surface area contributed by atoms with E-state index in [2.05, 4.69) is 6.07 Å². The standard InChI is InChI=1S/C19H25NO4/c1-18(2,3)24-17(22)20-10-8-19(9-11-20)12-14(13-21)23-16-7-5-4-6-15(16)19/h4-7,13-14H,8-12H2,1-3H3. The highest BCUT2D eigenvalue weighted by atomic mass is 16.6. The first-order valence-corrected chi connectivity index (χ1v) is 8.52. The van der Waals surface area contributed by atoms with E-state index in [4.69, 9.17) is 9.47 Å². The number of hydrogen-bond acceptors (Lipinski definition) is 4. The number of aldehydes is 1. The molecule has 0 aromatic heterocycles. The second kappa shape index (κ2) is 6.11. The first-order valence-electron chi connectivity index (χ1n) is 8.52. The number of ether oxygens (including phenoxy) is 2. The third-order valence-corrected chi connectivity index (χ3v) is 4.85. The summed E-state index contributed by atoms with van der Waals surface area (Å²) in [5.74, 6) is 0.798. The van der Waals surface area contributed by atoms with Gasteiger partial charge in [0.15, 0.2) is 12.4 Å². The number of amides is 1. The van der Waals surface area contributed by atoms with Crippen LogP contribution in [0.15, 0.2) is 24.3 Å². The third kappa shape index (κ3) is 3.25. The lowest BCUT2D eigenvalue weighted by atomic mass is 9.68. The average Bonchev–Trinajstić information content (AvgIpc) is 2.54. The van der Waals surface area contributed by atoms with Crippen LogP contribution in [0.3, 0.4) is 0 Å². The van der Waals surface area contributed by atoms with E-state index >= 15 is 0 Å². The Hall–Kier alpha value is -2.04. The van der Waals surface area contributed by atoms with Crippen LogP contribution in [0.5, 0.6) is 5.75 Å². The number of fused-ring (bicyclic) bond motifs is 2. The Morgan fingerprint density at radius 2 is 1.96 bits per heavy atom. The van der Waals surface area contributed by atoms with Crippen LogP contribution in [0.2, 0.25) is 0 Å². The molecule has 0 aliphatic carbocycles. The minimum Gasteiger partial charge on any atom is -0.483 e. The first kappa shape index (κ1) is 16.8. The van der Waals surface area contributed by atoms with Gasteiger partial charge in [-0.3, -0.25) is 4.79 Å². The second-order valence-electron chi connectivity index (χ2n) is 7.74. The van der Waals surface area contributed by atoms with Crippen LogP contribution in [0, 0.1) is 0 Å². The van der Waals surface area contributed by atoms with Gasteiger partial charge in [0, 0.05) is 30.5 Å². The molecule has 0 bridgehead atoms. The molecule has 1 amide bonds. The van der Waals surface area contributed by atoms with Gasteiger partial charge in [-0.15, -0.1) is 0 Å². The van der Waals surface area contributed by atoms with Gasteiger partial charge in [0.1, 0.15) is 11.4 Å². The lowest BCUT2D eigenvalue weighted by Crippen LogP contribution is -2.50. The summed E-state index contributed by atoms with van der Waals surface area (Å²) < 4.78 is 11.2. The molecule has 1 atom stereocenters. The topological polar surface area (TPSA) is 55.8 Å². The van der Waals surface area contributed by atoms with Crippen molar-refractivity contribution < 1.29 is 19.1 Å². The fourth-order valence-electron chi connectivity index (χ4n) is 3.70. The van der Waals surface area contributed by atoms with Crippen molar-refractivity contribution >= 4 is 12.4 Å². The molecule has 1 spiro atoms. The quantitative estimate of drug-likeness (QED) is 0.741. The van der Waals surface area contributed by atoms with Crippen molar-refractivity contribution in [2.45, 2.75) is 57.2 Å². The molecule has 1 unspecified atom stereocenters. The first-order chi connectivity index (χ1) is 11.3. The molecule has 1 aromatic carbocycles. The zero-order valence-corrected chi connectivity index (χ0v) is 14.6. The lowest BCUT2D eigenvalue weighted by Gasteiger charge is -2.46. The van der Waals surface area contributed by atoms with E-state index in [1.165, 1.54) is 0 Å². The van der Waals surface area contributed by atoms with Gasteiger partial charge in [0.05, 0.1) is 0 Å². The van der Waals surface area contributed by atoms with E-state index < -0.39 is 11.7 Å². The largest absolute Gasteiger partial charge is 0.483 e. The Labute approximate surface area is 142 Å². The van der Waals surface area contributed by atoms with Gasteiger partial charge in [-0.2, -0.15) is 0 Å². The van der Waals surface area contributed by atoms with E-state index in [0.29, 0.717) is 19.5 Å². The monoisotopic (exact) mass is 331 g/mol. The maximum absolute atomic E-state index is 12.3. The molecule has 2 aliphatic heterocycles. The average molecular weight is 331 g/mol. The highest BCUT2D eigenvalue weighted by molar-refractivity contribution is 5.68. The molecule has 5 heteroatoms. The van der Waals surface area contributed by atoms with Gasteiger partial charge < -0.3 is 14.4 Å². The van der Waals surface area contributed by atoms with Crippen LogP contribution < -0.4 is 4.74 Å². The molecule has 2 aliphatic rings. The smallest absolute Gasteiger partial charge is 0.410 e. The number of benzene rings is 1. The number of rotatable bonds is 1. The Balaban J connectivity index is 1.77. The van der Waals surface area contributed by atoms with Gasteiger partial charge in [0.2, 0.25) is 0 Å². The minimum atomic E-state index is -0.486. The normalized spacial score (nSPS) is 22.5. The van der Waals surface area contributed by atoms with Gasteiger partial charge in [0.25, 0.3) is 0 Å². The summed E-state index contributed by atoms with van der Waals surface area (Å²) in [5, 5.41) is 0. The van der Waals surface area contributed by atoms with Crippen LogP contribution in [0.1, 0.15) is 45.6 Å². The number of nitrogens with zero attached hydrogens (tertiary/aromatic N) is 1. The van der Waals surface area contributed by atoms with E-state index in [1.54, 1.807) is 4.90 Å². The molecule has 0 N–H and O–H groups in total. The van der Waals surface area contributed by atoms with Crippen LogP contribution in [0.4, 0.5) is 4.79 Å². The molecule has 2 heterocycles. The molecule has 5 nitrogen and oxygen atoms in total. The number of carbonyl (C=O) groups excluding carboxylic acids is 2. The third-order valence-electron chi connectivity index (χ3n) is 4.85. The van der Waals surface area contributed by atoms with Crippen molar-refractivity contribution in [3.63, 3.8) is 0 Å². The zero-order chi connectivity index (χ0) is 17.4. The number of carbonyl (C=O) groups is 2. The summed E-state index contributed by atoms with van der Waals surface area (Å²) in [7, 11) is 0. The van der Waals surface area contributed by atoms with Crippen LogP contribution in [0.25, 0.3) is 0 Å². The number of para-hydroxylation sites is 1. The molecule has 3 rings (SSSR count). The van der Waals surface area contributed by atoms with Gasteiger partial charge >= 0.3 is 6.09 Å². The summed E-state index contributed by atoms with van der Waals surface area (Å²) in [6.45, 7) is 6.89. The summed E-state index contributed by atoms with van der Waals surface area (Å²) in [6, 6.07) is 7.94. The predicted octanol–water partition coefficient (Wildman–Crippen LogP) is 3.31. The Morgan fingerprint density at radius 1 is 1.29 bits per heavy atom. The molecule has 1 aromatic rings. The molecule has 24 heavy (non-hydrogen) atoms. The molecule has 130 valence electrons. The number of likely N-dealkylation sites (tertiary alicyclic amines) is 1. The summed E-state index contributed by atoms with van der Waals surface area (Å²) in [4.78, 5) is 25.4. The molecule has 0 saturated carbocycles. The number of piperidine rings is 1. The molecular weight excluding hydrogens is 306 g/mol. The molecule has 1 fully saturated rings. The van der Waals surface area contributed by atoms with E-state index in [1.807, 2.05) is 39.0 Å². The summed E-state index contributed by atoms with van der Waals surface area (Å²) >= 11 is 0. The van der Waals surface area contributed by atoms with Gasteiger partial charge in [-0.25, -0.2) is 4.79 Å². The van der Waals surface area contributed by atoms with E-state index in [0.717, 1.165) is 30.4 Å². The molecule has 0 radical (unpaired) electrons. The molecule has 1 saturated heterocycles. The highest BCUT2D eigenvalue weighted by Gasteiger charge is 2.44. The van der Waals surface area contributed by atoms with Crippen molar-refractivity contribution in [3.8, 4) is 5.75 Å². The maximum Gasteiger partial charge on any atom is 0.410 e. The van der Waals surface area contributed by atoms with Gasteiger partial charge in [-0.05, 0) is 39.7 Å². The predicted molar refractivity (Wildman–Crippen MR) is 90.3 cm³/mol. The second-order valence-corrected chi connectivity index (χ2v) is 7.74. The number of hydrogen-bond donors (Lipinski definition) is 0. The maximum atomic E-state index is 12.3. The Morgan fingerprint density at radius 3 is 2.58 bits per heavy atom. The minimum absolute atomic E-state index is 0.0983. The van der Waals surface area contributed by atoms with Crippen LogP contribution >= 0.6 is 0 Å².